The molecule has 0 saturated carbocycles. The molecule has 0 spiro atoms. The second kappa shape index (κ2) is 11.3. The van der Waals surface area contributed by atoms with Crippen LogP contribution in [0, 0.1) is 5.82 Å². The number of urea groups is 1. The van der Waals surface area contributed by atoms with E-state index in [-0.39, 0.29) is 29.4 Å². The molecule has 0 bridgehead atoms. The van der Waals surface area contributed by atoms with Gasteiger partial charge in [0.25, 0.3) is 0 Å². The molecule has 2 aromatic carbocycles. The van der Waals surface area contributed by atoms with Gasteiger partial charge in [-0.15, -0.1) is 0 Å². The zero-order valence-electron chi connectivity index (χ0n) is 19.2. The summed E-state index contributed by atoms with van der Waals surface area (Å²) in [6, 6.07) is 5.76. The molecular weight excluding hydrogens is 543 g/mol. The van der Waals surface area contributed by atoms with E-state index < -0.39 is 11.7 Å². The van der Waals surface area contributed by atoms with E-state index in [1.54, 1.807) is 39.2 Å². The van der Waals surface area contributed by atoms with Gasteiger partial charge in [-0.3, -0.25) is 4.79 Å². The summed E-state index contributed by atoms with van der Waals surface area (Å²) in [4.78, 5) is 33.8. The summed E-state index contributed by atoms with van der Waals surface area (Å²) in [7, 11) is 3.27. The molecule has 3 amide bonds. The summed E-state index contributed by atoms with van der Waals surface area (Å²) in [5, 5.41) is 8.82. The minimum atomic E-state index is -0.651. The number of nitrogens with one attached hydrogen (secondary N) is 3. The van der Waals surface area contributed by atoms with Gasteiger partial charge in [-0.1, -0.05) is 18.2 Å². The zero-order valence-corrected chi connectivity index (χ0v) is 21.5. The maximum Gasteiger partial charge on any atom is 0.317 e. The standard InChI is InChI=1S/C23H23BrClFN6O3/c1-5-19(33)30-17-8-13-16(9-18(17)35-10-12(2)29-23(34)32(3)4)27-11-28-22(13)31-15-7-6-14(24)20(25)21(15)26/h5-9,11-12H,1,10H2,2-4H3,(H,29,34)(H,30,33)(H,27,28,31)/t12-/m1/s1. The maximum atomic E-state index is 14.6. The molecule has 9 nitrogen and oxygen atoms in total. The van der Waals surface area contributed by atoms with E-state index in [0.29, 0.717) is 32.6 Å². The lowest BCUT2D eigenvalue weighted by Gasteiger charge is -2.20. The van der Waals surface area contributed by atoms with Crippen molar-refractivity contribution in [2.24, 2.45) is 0 Å². The van der Waals surface area contributed by atoms with Gasteiger partial charge in [0.05, 0.1) is 28.0 Å². The average molecular weight is 566 g/mol. The van der Waals surface area contributed by atoms with Crippen molar-refractivity contribution in [2.45, 2.75) is 13.0 Å². The first-order chi connectivity index (χ1) is 16.6. The predicted molar refractivity (Wildman–Crippen MR) is 138 cm³/mol. The minimum Gasteiger partial charge on any atom is -0.489 e. The smallest absolute Gasteiger partial charge is 0.317 e. The number of rotatable bonds is 8. The number of carbonyl (C=O) groups is 2. The fraction of sp³-hybridized carbons (Fsp3) is 0.217. The van der Waals surface area contributed by atoms with E-state index >= 15 is 0 Å². The average Bonchev–Trinajstić information content (AvgIpc) is 2.83. The first-order valence-corrected chi connectivity index (χ1v) is 11.5. The van der Waals surface area contributed by atoms with Gasteiger partial charge in [0, 0.05) is 30.0 Å². The molecule has 0 aliphatic rings. The first-order valence-electron chi connectivity index (χ1n) is 10.3. The SMILES string of the molecule is C=CC(=O)Nc1cc2c(Nc3ccc(Br)c(Cl)c3F)ncnc2cc1OC[C@@H](C)NC(=O)N(C)C. The summed E-state index contributed by atoms with van der Waals surface area (Å²) in [6.45, 7) is 5.38. The van der Waals surface area contributed by atoms with Crippen molar-refractivity contribution in [2.75, 3.05) is 31.3 Å². The summed E-state index contributed by atoms with van der Waals surface area (Å²) in [5.41, 5.74) is 0.907. The van der Waals surface area contributed by atoms with Crippen LogP contribution in [0.4, 0.5) is 26.4 Å². The van der Waals surface area contributed by atoms with Gasteiger partial charge < -0.3 is 25.6 Å². The quantitative estimate of drug-likeness (QED) is 0.259. The van der Waals surface area contributed by atoms with Crippen LogP contribution < -0.4 is 20.7 Å². The molecule has 0 unspecified atom stereocenters. The summed E-state index contributed by atoms with van der Waals surface area (Å²) in [5.74, 6) is -0.498. The fourth-order valence-corrected chi connectivity index (χ4v) is 3.40. The molecule has 0 saturated heterocycles. The number of ether oxygens (including phenoxy) is 1. The summed E-state index contributed by atoms with van der Waals surface area (Å²) >= 11 is 9.18. The Balaban J connectivity index is 1.96. The van der Waals surface area contributed by atoms with Crippen LogP contribution in [0.3, 0.4) is 0 Å². The third-order valence-corrected chi connectivity index (χ3v) is 5.99. The van der Waals surface area contributed by atoms with Crippen LogP contribution in [0.1, 0.15) is 6.92 Å². The Morgan fingerprint density at radius 3 is 2.71 bits per heavy atom. The Bertz CT molecular complexity index is 1290. The largest absolute Gasteiger partial charge is 0.489 e. The Morgan fingerprint density at radius 1 is 1.29 bits per heavy atom. The lowest BCUT2D eigenvalue weighted by molar-refractivity contribution is -0.111. The highest BCUT2D eigenvalue weighted by Gasteiger charge is 2.17. The van der Waals surface area contributed by atoms with Gasteiger partial charge in [0.2, 0.25) is 5.91 Å². The van der Waals surface area contributed by atoms with Crippen molar-refractivity contribution in [3.8, 4) is 5.75 Å². The number of nitrogens with zero attached hydrogens (tertiary/aromatic N) is 3. The van der Waals surface area contributed by atoms with Gasteiger partial charge in [-0.05, 0) is 47.1 Å². The van der Waals surface area contributed by atoms with Crippen molar-refractivity contribution in [3.63, 3.8) is 0 Å². The molecule has 1 heterocycles. The van der Waals surface area contributed by atoms with E-state index in [0.717, 1.165) is 6.08 Å². The third-order valence-electron chi connectivity index (χ3n) is 4.73. The van der Waals surface area contributed by atoms with Crippen LogP contribution in [-0.2, 0) is 4.79 Å². The zero-order chi connectivity index (χ0) is 25.7. The van der Waals surface area contributed by atoms with Crippen LogP contribution in [0.5, 0.6) is 5.75 Å². The molecule has 1 atom stereocenters. The van der Waals surface area contributed by atoms with Gasteiger partial charge in [0.15, 0.2) is 5.82 Å². The Hall–Kier alpha value is -3.44. The minimum absolute atomic E-state index is 0.0709. The summed E-state index contributed by atoms with van der Waals surface area (Å²) in [6.07, 6.45) is 2.43. The van der Waals surface area contributed by atoms with Crippen molar-refractivity contribution < 1.29 is 18.7 Å². The van der Waals surface area contributed by atoms with Crippen LogP contribution in [-0.4, -0.2) is 53.6 Å². The van der Waals surface area contributed by atoms with Crippen molar-refractivity contribution >= 4 is 67.6 Å². The number of hydrogen-bond acceptors (Lipinski definition) is 6. The van der Waals surface area contributed by atoms with E-state index in [9.17, 15) is 14.0 Å². The number of carbonyl (C=O) groups excluding carboxylic acids is 2. The molecule has 3 rings (SSSR count). The molecule has 12 heteroatoms. The number of amides is 3. The van der Waals surface area contributed by atoms with Gasteiger partial charge in [-0.2, -0.15) is 0 Å². The third kappa shape index (κ3) is 6.37. The molecule has 0 fully saturated rings. The van der Waals surface area contributed by atoms with Crippen LogP contribution in [0.2, 0.25) is 5.02 Å². The molecule has 1 aromatic heterocycles. The summed E-state index contributed by atoms with van der Waals surface area (Å²) < 4.78 is 20.9. The van der Waals surface area contributed by atoms with Gasteiger partial charge in [-0.25, -0.2) is 19.2 Å². The highest BCUT2D eigenvalue weighted by atomic mass is 79.9. The normalized spacial score (nSPS) is 11.5. The Morgan fingerprint density at radius 2 is 2.03 bits per heavy atom. The molecular formula is C23H23BrClFN6O3. The second-order valence-electron chi connectivity index (χ2n) is 7.69. The Labute approximate surface area is 214 Å². The van der Waals surface area contributed by atoms with Gasteiger partial charge in [0.1, 0.15) is 24.5 Å². The van der Waals surface area contributed by atoms with Gasteiger partial charge >= 0.3 is 6.03 Å². The van der Waals surface area contributed by atoms with E-state index in [4.69, 9.17) is 16.3 Å². The van der Waals surface area contributed by atoms with Crippen LogP contribution >= 0.6 is 27.5 Å². The topological polar surface area (TPSA) is 108 Å². The molecule has 0 aliphatic heterocycles. The molecule has 3 N–H and O–H groups in total. The lowest BCUT2D eigenvalue weighted by atomic mass is 10.1. The molecule has 35 heavy (non-hydrogen) atoms. The number of halogens is 3. The number of hydrogen-bond donors (Lipinski definition) is 3. The van der Waals surface area contributed by atoms with Crippen molar-refractivity contribution in [3.05, 3.63) is 58.6 Å². The molecule has 3 aromatic rings. The number of fused-ring (bicyclic) bond motifs is 1. The van der Waals surface area contributed by atoms with E-state index in [1.165, 1.54) is 17.3 Å². The first kappa shape index (κ1) is 26.2. The van der Waals surface area contributed by atoms with E-state index in [1.807, 2.05) is 0 Å². The number of aromatic nitrogens is 2. The predicted octanol–water partition coefficient (Wildman–Crippen LogP) is 5.09. The number of anilines is 3. The highest BCUT2D eigenvalue weighted by molar-refractivity contribution is 9.10. The van der Waals surface area contributed by atoms with E-state index in [2.05, 4.69) is 48.4 Å². The van der Waals surface area contributed by atoms with Crippen molar-refractivity contribution in [1.29, 1.82) is 0 Å². The fourth-order valence-electron chi connectivity index (χ4n) is 2.93. The Kier molecular flexibility index (Phi) is 8.47. The number of benzene rings is 2. The van der Waals surface area contributed by atoms with Crippen LogP contribution in [0.15, 0.2) is 47.7 Å². The van der Waals surface area contributed by atoms with Crippen LogP contribution in [0.25, 0.3) is 10.9 Å². The highest BCUT2D eigenvalue weighted by Crippen LogP contribution is 2.36. The lowest BCUT2D eigenvalue weighted by Crippen LogP contribution is -2.42. The second-order valence-corrected chi connectivity index (χ2v) is 8.92. The monoisotopic (exact) mass is 564 g/mol. The van der Waals surface area contributed by atoms with Crippen molar-refractivity contribution in [1.82, 2.24) is 20.2 Å². The molecule has 184 valence electrons. The molecule has 0 radical (unpaired) electrons. The molecule has 0 aliphatic carbocycles. The maximum absolute atomic E-state index is 14.6.